The van der Waals surface area contributed by atoms with Gasteiger partial charge in [0.05, 0.1) is 11.1 Å². The maximum absolute atomic E-state index is 11.5. The molecule has 0 saturated heterocycles. The molecule has 0 amide bonds. The third kappa shape index (κ3) is 5.46. The second kappa shape index (κ2) is 9.80. The van der Waals surface area contributed by atoms with Crippen LogP contribution in [-0.4, -0.2) is 37.6 Å². The Hall–Kier alpha value is -3.84. The number of phenolic OH excluding ortho intramolecular Hbond substituents is 1. The molecule has 0 fully saturated rings. The van der Waals surface area contributed by atoms with E-state index in [1.54, 1.807) is 0 Å². The highest BCUT2D eigenvalue weighted by Gasteiger charge is 2.25. The minimum atomic E-state index is -4.84. The molecular formula is C23H23N3O7S2. The van der Waals surface area contributed by atoms with Crippen molar-refractivity contribution in [3.63, 3.8) is 0 Å². The molecule has 35 heavy (non-hydrogen) atoms. The lowest BCUT2D eigenvalue weighted by Crippen LogP contribution is -2.07. The predicted molar refractivity (Wildman–Crippen MR) is 137 cm³/mol. The largest absolute Gasteiger partial charge is 0.505 e. The van der Waals surface area contributed by atoms with Gasteiger partial charge in [-0.3, -0.25) is 9.11 Å². The predicted octanol–water partition coefficient (Wildman–Crippen LogP) is 3.64. The molecule has 4 aromatic rings. The van der Waals surface area contributed by atoms with Gasteiger partial charge in [0.25, 0.3) is 20.2 Å². The quantitative estimate of drug-likeness (QED) is 0.0985. The van der Waals surface area contributed by atoms with Crippen molar-refractivity contribution in [3.8, 4) is 5.75 Å². The number of nitrogen functional groups attached to an aromatic ring is 2. The third-order valence-corrected chi connectivity index (χ3v) is 6.86. The molecule has 0 saturated carbocycles. The molecule has 0 heterocycles. The van der Waals surface area contributed by atoms with Crippen molar-refractivity contribution in [2.75, 3.05) is 23.3 Å². The number of rotatable bonds is 5. The Labute approximate surface area is 202 Å². The summed E-state index contributed by atoms with van der Waals surface area (Å²) >= 11 is 0. The highest BCUT2D eigenvalue weighted by molar-refractivity contribution is 7.86. The monoisotopic (exact) mass is 517 g/mol. The summed E-state index contributed by atoms with van der Waals surface area (Å²) in [6.07, 6.45) is 1.50. The first kappa shape index (κ1) is 25.8. The first-order chi connectivity index (χ1) is 16.4. The van der Waals surface area contributed by atoms with Crippen molar-refractivity contribution in [2.24, 2.45) is 0 Å². The molecule has 8 N–H and O–H groups in total. The number of nitrogens with two attached hydrogens (primary N) is 2. The lowest BCUT2D eigenvalue weighted by molar-refractivity contribution is 0.473. The van der Waals surface area contributed by atoms with Crippen LogP contribution in [0.2, 0.25) is 0 Å². The van der Waals surface area contributed by atoms with E-state index in [2.05, 4.69) is 24.0 Å². The Kier molecular flexibility index (Phi) is 7.22. The van der Waals surface area contributed by atoms with Crippen molar-refractivity contribution in [2.45, 2.75) is 9.79 Å². The molecule has 0 aliphatic carbocycles. The maximum atomic E-state index is 11.5. The Morgan fingerprint density at radius 2 is 1.49 bits per heavy atom. The number of phenols is 1. The lowest BCUT2D eigenvalue weighted by Gasteiger charge is -2.15. The van der Waals surface area contributed by atoms with Crippen molar-refractivity contribution in [1.29, 1.82) is 0 Å². The van der Waals surface area contributed by atoms with Gasteiger partial charge in [0.1, 0.15) is 15.5 Å². The van der Waals surface area contributed by atoms with Gasteiger partial charge in [0, 0.05) is 28.7 Å². The van der Waals surface area contributed by atoms with Gasteiger partial charge in [-0.15, -0.1) is 6.58 Å². The van der Waals surface area contributed by atoms with Gasteiger partial charge in [-0.05, 0) is 29.7 Å². The van der Waals surface area contributed by atoms with Crippen LogP contribution in [0.5, 0.6) is 5.75 Å². The van der Waals surface area contributed by atoms with E-state index in [4.69, 9.17) is 11.5 Å². The molecule has 12 heteroatoms. The summed E-state index contributed by atoms with van der Waals surface area (Å²) in [5.74, 6) is -0.753. The number of fused-ring (bicyclic) bond motifs is 2. The summed E-state index contributed by atoms with van der Waals surface area (Å²) in [7, 11) is -9.57. The molecule has 10 nitrogen and oxygen atoms in total. The zero-order valence-electron chi connectivity index (χ0n) is 18.2. The van der Waals surface area contributed by atoms with Crippen LogP contribution >= 0.6 is 0 Å². The Morgan fingerprint density at radius 1 is 0.857 bits per heavy atom. The second-order valence-corrected chi connectivity index (χ2v) is 10.1. The average molecular weight is 518 g/mol. The third-order valence-electron chi connectivity index (χ3n) is 5.05. The average Bonchev–Trinajstić information content (AvgIpc) is 2.79. The van der Waals surface area contributed by atoms with E-state index in [0.717, 1.165) is 23.2 Å². The van der Waals surface area contributed by atoms with Crippen LogP contribution in [0.3, 0.4) is 0 Å². The molecule has 0 aliphatic rings. The van der Waals surface area contributed by atoms with E-state index >= 15 is 0 Å². The van der Waals surface area contributed by atoms with Gasteiger partial charge in [0.2, 0.25) is 0 Å². The van der Waals surface area contributed by atoms with Crippen LogP contribution in [0.4, 0.5) is 17.1 Å². The highest BCUT2D eigenvalue weighted by atomic mass is 32.2. The van der Waals surface area contributed by atoms with Crippen LogP contribution in [0.15, 0.2) is 83.1 Å². The molecule has 0 unspecified atom stereocenters. The minimum Gasteiger partial charge on any atom is -0.505 e. The van der Waals surface area contributed by atoms with Gasteiger partial charge < -0.3 is 21.9 Å². The molecule has 0 atom stereocenters. The van der Waals surface area contributed by atoms with Crippen molar-refractivity contribution >= 4 is 58.8 Å². The molecule has 184 valence electrons. The van der Waals surface area contributed by atoms with Gasteiger partial charge in [-0.2, -0.15) is 16.8 Å². The topological polar surface area (TPSA) is 193 Å². The van der Waals surface area contributed by atoms with Gasteiger partial charge in [-0.1, -0.05) is 42.5 Å². The zero-order valence-corrected chi connectivity index (χ0v) is 19.8. The Morgan fingerprint density at radius 3 is 2.09 bits per heavy atom. The Bertz CT molecular complexity index is 1650. The van der Waals surface area contributed by atoms with Crippen molar-refractivity contribution in [1.82, 2.24) is 0 Å². The number of hydrogen-bond donors (Lipinski definition) is 6. The summed E-state index contributed by atoms with van der Waals surface area (Å²) in [5.41, 5.74) is 11.7. The van der Waals surface area contributed by atoms with Gasteiger partial charge in [-0.25, -0.2) is 0 Å². The number of hydrogen-bond acceptors (Lipinski definition) is 8. The fourth-order valence-electron chi connectivity index (χ4n) is 3.48. The summed E-state index contributed by atoms with van der Waals surface area (Å²) in [6.45, 7) is 3.75. The van der Waals surface area contributed by atoms with Crippen molar-refractivity contribution in [3.05, 3.63) is 73.3 Å². The second-order valence-electron chi connectivity index (χ2n) is 7.36. The lowest BCUT2D eigenvalue weighted by atomic mass is 10.1. The minimum absolute atomic E-state index is 0.128. The maximum Gasteiger partial charge on any atom is 0.296 e. The molecule has 4 aromatic carbocycles. The zero-order chi connectivity index (χ0) is 26.0. The number of benzene rings is 4. The van der Waals surface area contributed by atoms with Crippen LogP contribution in [-0.2, 0) is 20.2 Å². The molecule has 0 aliphatic heterocycles. The fourth-order valence-corrected chi connectivity index (χ4v) is 4.80. The van der Waals surface area contributed by atoms with E-state index in [1.807, 2.05) is 30.3 Å². The van der Waals surface area contributed by atoms with Crippen LogP contribution in [0.1, 0.15) is 0 Å². The Balaban J connectivity index is 0.000000256. The van der Waals surface area contributed by atoms with Gasteiger partial charge >= 0.3 is 0 Å². The van der Waals surface area contributed by atoms with Crippen LogP contribution in [0, 0.1) is 0 Å². The normalized spacial score (nSPS) is 11.6. The molecule has 0 bridgehead atoms. The van der Waals surface area contributed by atoms with Crippen LogP contribution in [0.25, 0.3) is 21.5 Å². The van der Waals surface area contributed by atoms with E-state index in [9.17, 15) is 31.0 Å². The molecule has 0 spiro atoms. The molecule has 4 rings (SSSR count). The number of aromatic hydroxyl groups is 1. The summed E-state index contributed by atoms with van der Waals surface area (Å²) in [5, 5.41) is 14.9. The first-order valence-corrected chi connectivity index (χ1v) is 12.9. The SMILES string of the molecule is C=CCNc1ccc(S(=O)(=O)O)c2cc(S(=O)(=O)O)c(N)c(O)c12.Nc1cccc2ccccc12. The van der Waals surface area contributed by atoms with Crippen LogP contribution < -0.4 is 16.8 Å². The molecule has 0 aromatic heterocycles. The van der Waals surface area contributed by atoms with E-state index in [1.165, 1.54) is 17.5 Å². The summed E-state index contributed by atoms with van der Waals surface area (Å²) < 4.78 is 64.3. The molecular weight excluding hydrogens is 494 g/mol. The van der Waals surface area contributed by atoms with Crippen molar-refractivity contribution < 1.29 is 31.0 Å². The number of anilines is 3. The first-order valence-electron chi connectivity index (χ1n) is 9.97. The standard InChI is InChI=1S/C13H14N2O7S2.C10H9N/c1-2-5-15-8-3-4-9(23(17,18)19)7-6-10(24(20,21)22)12(14)13(16)11(7)8;11-10-7-3-5-8-4-1-2-6-9(8)10/h2-4,6,15-16H,1,5,14H2,(H,17,18,19)(H,20,21,22);1-7H,11H2. The molecule has 0 radical (unpaired) electrons. The summed E-state index contributed by atoms with van der Waals surface area (Å²) in [6, 6.07) is 17.1. The fraction of sp³-hybridized carbons (Fsp3) is 0.0435. The van der Waals surface area contributed by atoms with Gasteiger partial charge in [0.15, 0.2) is 0 Å². The summed E-state index contributed by atoms with van der Waals surface area (Å²) in [4.78, 5) is -1.53. The number of nitrogens with one attached hydrogen (secondary N) is 1. The van der Waals surface area contributed by atoms with E-state index in [-0.39, 0.29) is 23.0 Å². The van der Waals surface area contributed by atoms with E-state index in [0.29, 0.717) is 0 Å². The highest BCUT2D eigenvalue weighted by Crippen LogP contribution is 2.42. The smallest absolute Gasteiger partial charge is 0.296 e. The van der Waals surface area contributed by atoms with E-state index < -0.39 is 41.5 Å².